The summed E-state index contributed by atoms with van der Waals surface area (Å²) in [4.78, 5) is 24.5. The van der Waals surface area contributed by atoms with Crippen molar-refractivity contribution in [1.82, 2.24) is 4.90 Å². The van der Waals surface area contributed by atoms with E-state index in [9.17, 15) is 9.59 Å². The summed E-state index contributed by atoms with van der Waals surface area (Å²) >= 11 is 0. The maximum atomic E-state index is 12.3. The van der Waals surface area contributed by atoms with Crippen molar-refractivity contribution in [3.8, 4) is 5.75 Å². The van der Waals surface area contributed by atoms with Gasteiger partial charge in [0.1, 0.15) is 12.3 Å². The van der Waals surface area contributed by atoms with Crippen molar-refractivity contribution >= 4 is 11.9 Å². The average molecular weight is 293 g/mol. The van der Waals surface area contributed by atoms with Crippen LogP contribution in [0.15, 0.2) is 24.3 Å². The van der Waals surface area contributed by atoms with Gasteiger partial charge in [0.2, 0.25) is 0 Å². The monoisotopic (exact) mass is 293 g/mol. The summed E-state index contributed by atoms with van der Waals surface area (Å²) in [5, 5.41) is 8.91. The number of hydrogen-bond donors (Lipinski definition) is 1. The van der Waals surface area contributed by atoms with Crippen LogP contribution in [0.25, 0.3) is 0 Å². The zero-order valence-corrected chi connectivity index (χ0v) is 13.0. The molecule has 0 spiro atoms. The summed E-state index contributed by atoms with van der Waals surface area (Å²) in [6.45, 7) is 7.57. The Labute approximate surface area is 125 Å². The Hall–Kier alpha value is -2.04. The minimum atomic E-state index is -1.02. The van der Waals surface area contributed by atoms with Crippen LogP contribution in [0.3, 0.4) is 0 Å². The first-order chi connectivity index (χ1) is 9.79. The van der Waals surface area contributed by atoms with Gasteiger partial charge in [0, 0.05) is 6.54 Å². The minimum Gasteiger partial charge on any atom is -0.481 e. The Kier molecular flexibility index (Phi) is 6.21. The zero-order chi connectivity index (χ0) is 16.0. The van der Waals surface area contributed by atoms with E-state index >= 15 is 0 Å². The number of carbonyl (C=O) groups is 2. The number of hydrogen-bond acceptors (Lipinski definition) is 3. The highest BCUT2D eigenvalue weighted by molar-refractivity contribution is 5.84. The Balaban J connectivity index is 2.72. The van der Waals surface area contributed by atoms with Gasteiger partial charge < -0.3 is 14.7 Å². The van der Waals surface area contributed by atoms with Gasteiger partial charge in [-0.2, -0.15) is 0 Å². The second-order valence-corrected chi connectivity index (χ2v) is 5.58. The first-order valence-corrected chi connectivity index (χ1v) is 7.03. The fourth-order valence-electron chi connectivity index (χ4n) is 1.96. The lowest BCUT2D eigenvalue weighted by molar-refractivity contribution is -0.147. The quantitative estimate of drug-likeness (QED) is 0.838. The first-order valence-electron chi connectivity index (χ1n) is 7.03. The van der Waals surface area contributed by atoms with E-state index in [0.29, 0.717) is 12.3 Å². The molecule has 0 bridgehead atoms. The van der Waals surface area contributed by atoms with E-state index in [2.05, 4.69) is 0 Å². The molecule has 0 aliphatic heterocycles. The van der Waals surface area contributed by atoms with E-state index in [1.807, 2.05) is 32.9 Å². The second-order valence-electron chi connectivity index (χ2n) is 5.58. The van der Waals surface area contributed by atoms with E-state index in [1.54, 1.807) is 19.1 Å². The van der Waals surface area contributed by atoms with Gasteiger partial charge in [-0.3, -0.25) is 9.59 Å². The predicted octanol–water partition coefficient (Wildman–Crippen LogP) is 2.33. The number of amides is 1. The molecule has 0 aliphatic carbocycles. The Bertz CT molecular complexity index is 482. The molecule has 0 saturated heterocycles. The number of benzene rings is 1. The summed E-state index contributed by atoms with van der Waals surface area (Å²) in [7, 11) is 0. The standard InChI is InChI=1S/C16H23NO4/c1-11(2)9-17(10-15(18)19)16(20)13(4)21-14-7-5-12(3)6-8-14/h5-8,11,13H,9-10H2,1-4H3,(H,18,19). The van der Waals surface area contributed by atoms with Gasteiger partial charge in [-0.05, 0) is 31.9 Å². The van der Waals surface area contributed by atoms with Crippen LogP contribution >= 0.6 is 0 Å². The van der Waals surface area contributed by atoms with Crippen molar-refractivity contribution in [3.63, 3.8) is 0 Å². The van der Waals surface area contributed by atoms with Crippen LogP contribution in [0.4, 0.5) is 0 Å². The van der Waals surface area contributed by atoms with E-state index in [4.69, 9.17) is 9.84 Å². The minimum absolute atomic E-state index is 0.194. The molecule has 1 amide bonds. The lowest BCUT2D eigenvalue weighted by atomic mass is 10.2. The molecule has 0 aromatic heterocycles. The van der Waals surface area contributed by atoms with E-state index < -0.39 is 12.1 Å². The summed E-state index contributed by atoms with van der Waals surface area (Å²) in [6, 6.07) is 7.39. The van der Waals surface area contributed by atoms with Gasteiger partial charge >= 0.3 is 5.97 Å². The molecular formula is C16H23NO4. The molecule has 116 valence electrons. The van der Waals surface area contributed by atoms with Crippen LogP contribution in [0, 0.1) is 12.8 Å². The SMILES string of the molecule is Cc1ccc(OC(C)C(=O)N(CC(=O)O)CC(C)C)cc1. The molecule has 1 N–H and O–H groups in total. The van der Waals surface area contributed by atoms with Crippen molar-refractivity contribution in [2.45, 2.75) is 33.8 Å². The second kappa shape index (κ2) is 7.67. The fourth-order valence-corrected chi connectivity index (χ4v) is 1.96. The van der Waals surface area contributed by atoms with E-state index in [-0.39, 0.29) is 18.4 Å². The molecule has 1 aromatic carbocycles. The normalized spacial score (nSPS) is 12.0. The number of carboxylic acid groups (broad SMARTS) is 1. The number of nitrogens with zero attached hydrogens (tertiary/aromatic N) is 1. The van der Waals surface area contributed by atoms with Crippen LogP contribution in [0.2, 0.25) is 0 Å². The lowest BCUT2D eigenvalue weighted by Crippen LogP contribution is -2.44. The van der Waals surface area contributed by atoms with Crippen molar-refractivity contribution in [1.29, 1.82) is 0 Å². The molecule has 21 heavy (non-hydrogen) atoms. The highest BCUT2D eigenvalue weighted by atomic mass is 16.5. The van der Waals surface area contributed by atoms with Crippen molar-refractivity contribution in [3.05, 3.63) is 29.8 Å². The third kappa shape index (κ3) is 5.85. The number of aryl methyl sites for hydroxylation is 1. The number of rotatable bonds is 7. The van der Waals surface area contributed by atoms with Gasteiger partial charge in [0.15, 0.2) is 6.10 Å². The average Bonchev–Trinajstić information content (AvgIpc) is 2.38. The maximum absolute atomic E-state index is 12.3. The van der Waals surface area contributed by atoms with Gasteiger partial charge in [-0.15, -0.1) is 0 Å². The van der Waals surface area contributed by atoms with E-state index in [0.717, 1.165) is 5.56 Å². The van der Waals surface area contributed by atoms with Crippen LogP contribution in [0.5, 0.6) is 5.75 Å². The van der Waals surface area contributed by atoms with Crippen LogP contribution in [-0.2, 0) is 9.59 Å². The van der Waals surface area contributed by atoms with Crippen molar-refractivity contribution < 1.29 is 19.4 Å². The molecule has 0 radical (unpaired) electrons. The van der Waals surface area contributed by atoms with Gasteiger partial charge in [-0.1, -0.05) is 31.5 Å². The summed E-state index contributed by atoms with van der Waals surface area (Å²) in [5.74, 6) is -0.542. The molecule has 1 aromatic rings. The maximum Gasteiger partial charge on any atom is 0.323 e. The predicted molar refractivity (Wildman–Crippen MR) is 80.3 cm³/mol. The largest absolute Gasteiger partial charge is 0.481 e. The summed E-state index contributed by atoms with van der Waals surface area (Å²) in [5.41, 5.74) is 1.11. The zero-order valence-electron chi connectivity index (χ0n) is 13.0. The molecule has 5 heteroatoms. The summed E-state index contributed by atoms with van der Waals surface area (Å²) in [6.07, 6.45) is -0.717. The fraction of sp³-hybridized carbons (Fsp3) is 0.500. The molecule has 1 atom stereocenters. The third-order valence-corrected chi connectivity index (χ3v) is 2.90. The highest BCUT2D eigenvalue weighted by Crippen LogP contribution is 2.14. The number of ether oxygens (including phenoxy) is 1. The Morgan fingerprint density at radius 2 is 1.76 bits per heavy atom. The molecule has 0 fully saturated rings. The molecule has 5 nitrogen and oxygen atoms in total. The van der Waals surface area contributed by atoms with Crippen LogP contribution in [0.1, 0.15) is 26.3 Å². The van der Waals surface area contributed by atoms with Gasteiger partial charge in [0.05, 0.1) is 0 Å². The smallest absolute Gasteiger partial charge is 0.323 e. The molecule has 0 aliphatic rings. The lowest BCUT2D eigenvalue weighted by Gasteiger charge is -2.26. The molecule has 0 heterocycles. The highest BCUT2D eigenvalue weighted by Gasteiger charge is 2.24. The first kappa shape index (κ1) is 17.0. The van der Waals surface area contributed by atoms with Crippen LogP contribution < -0.4 is 4.74 Å². The van der Waals surface area contributed by atoms with E-state index in [1.165, 1.54) is 4.90 Å². The molecular weight excluding hydrogens is 270 g/mol. The van der Waals surface area contributed by atoms with Gasteiger partial charge in [-0.25, -0.2) is 0 Å². The third-order valence-electron chi connectivity index (χ3n) is 2.90. The number of aliphatic carboxylic acids is 1. The molecule has 1 unspecified atom stereocenters. The molecule has 0 saturated carbocycles. The Morgan fingerprint density at radius 3 is 2.24 bits per heavy atom. The molecule has 1 rings (SSSR count). The topological polar surface area (TPSA) is 66.8 Å². The van der Waals surface area contributed by atoms with Gasteiger partial charge in [0.25, 0.3) is 5.91 Å². The number of carboxylic acids is 1. The van der Waals surface area contributed by atoms with Crippen molar-refractivity contribution in [2.24, 2.45) is 5.92 Å². The number of carbonyl (C=O) groups excluding carboxylic acids is 1. The Morgan fingerprint density at radius 1 is 1.19 bits per heavy atom. The van der Waals surface area contributed by atoms with Crippen LogP contribution in [-0.4, -0.2) is 41.1 Å². The van der Waals surface area contributed by atoms with Crippen molar-refractivity contribution in [2.75, 3.05) is 13.1 Å². The summed E-state index contributed by atoms with van der Waals surface area (Å²) < 4.78 is 5.59.